The van der Waals surface area contributed by atoms with Crippen LogP contribution in [-0.4, -0.2) is 106 Å². The number of carbonyl (C=O) groups is 4. The van der Waals surface area contributed by atoms with Crippen LogP contribution in [0, 0.1) is 23.7 Å². The van der Waals surface area contributed by atoms with Crippen LogP contribution in [0.25, 0.3) is 0 Å². The van der Waals surface area contributed by atoms with Gasteiger partial charge in [0.1, 0.15) is 0 Å². The van der Waals surface area contributed by atoms with Crippen molar-refractivity contribution in [2.45, 2.75) is 26.7 Å². The fraction of sp³-hybridized carbons (Fsp3) is 0.429. The SMILES string of the molecule is C[C@H](CNC(=O)[C@H](Cc1ccccc1)CP(=O)(O)O)C(=O)[O-].C[C@H](CNC(=O)[C@H](Cc1ccccc1)CP(=O)(O)O)C(=O)[O-].[Ca+2]. The van der Waals surface area contributed by atoms with Gasteiger partial charge >= 0.3 is 52.9 Å². The van der Waals surface area contributed by atoms with Gasteiger partial charge in [0.25, 0.3) is 0 Å². The van der Waals surface area contributed by atoms with E-state index in [9.17, 15) is 38.5 Å². The van der Waals surface area contributed by atoms with Crippen molar-refractivity contribution < 1.29 is 58.1 Å². The molecule has 6 N–H and O–H groups in total. The summed E-state index contributed by atoms with van der Waals surface area (Å²) in [6.45, 7) is 2.47. The van der Waals surface area contributed by atoms with Gasteiger partial charge in [-0.05, 0) is 24.0 Å². The number of hydrogen-bond acceptors (Lipinski definition) is 8. The number of rotatable bonds is 16. The minimum absolute atomic E-state index is 0. The fourth-order valence-corrected chi connectivity index (χ4v) is 5.55. The van der Waals surface area contributed by atoms with Crippen molar-refractivity contribution in [3.05, 3.63) is 71.8 Å². The molecule has 0 fully saturated rings. The molecule has 2 rings (SSSR count). The summed E-state index contributed by atoms with van der Waals surface area (Å²) in [5.74, 6) is -7.38. The second-order valence-corrected chi connectivity index (χ2v) is 13.8. The third-order valence-corrected chi connectivity index (χ3v) is 8.11. The molecule has 0 radical (unpaired) electrons. The third kappa shape index (κ3) is 19.9. The minimum atomic E-state index is -4.37. The predicted molar refractivity (Wildman–Crippen MR) is 161 cm³/mol. The second kappa shape index (κ2) is 20.9. The zero-order chi connectivity index (χ0) is 33.5. The topological polar surface area (TPSA) is 254 Å². The average molecular weight is 697 g/mol. The molecule has 0 aliphatic heterocycles. The number of hydrogen-bond donors (Lipinski definition) is 6. The van der Waals surface area contributed by atoms with Gasteiger partial charge in [-0.3, -0.25) is 18.7 Å². The maximum atomic E-state index is 12.1. The second-order valence-electron chi connectivity index (χ2n) is 10.4. The van der Waals surface area contributed by atoms with Crippen molar-refractivity contribution in [3.63, 3.8) is 0 Å². The summed E-state index contributed by atoms with van der Waals surface area (Å²) in [6.07, 6.45) is -0.851. The Bertz CT molecular complexity index is 1220. The Hall–Kier alpha value is -2.12. The number of carboxylic acids is 2. The van der Waals surface area contributed by atoms with Crippen LogP contribution in [0.4, 0.5) is 0 Å². The summed E-state index contributed by atoms with van der Waals surface area (Å²) >= 11 is 0. The molecule has 2 amide bonds. The van der Waals surface area contributed by atoms with E-state index in [1.165, 1.54) is 13.8 Å². The molecule has 0 aromatic heterocycles. The molecule has 45 heavy (non-hydrogen) atoms. The summed E-state index contributed by atoms with van der Waals surface area (Å²) in [4.78, 5) is 81.8. The van der Waals surface area contributed by atoms with Crippen molar-refractivity contribution >= 4 is 76.7 Å². The number of carboxylic acid groups (broad SMARTS) is 2. The third-order valence-electron chi connectivity index (χ3n) is 6.28. The van der Waals surface area contributed by atoms with Crippen LogP contribution in [0.5, 0.6) is 0 Å². The van der Waals surface area contributed by atoms with Gasteiger partial charge < -0.3 is 50.0 Å². The van der Waals surface area contributed by atoms with Crippen LogP contribution in [0.15, 0.2) is 60.7 Å². The molecule has 0 unspecified atom stereocenters. The fourth-order valence-electron chi connectivity index (χ4n) is 3.81. The standard InChI is InChI=1S/2C14H20NO6P.Ca/c2*1-10(14(17)18)8-15-13(16)12(9-22(19,20)21)7-11-5-3-2-4-6-11;/h2*2-6,10,12H,7-9H2,1H3,(H,15,16)(H,17,18)(H2,19,20,21);/q;;+2/p-2/t2*10-,12-;/m11./s1. The molecular formula is C28H38CaN2O12P2. The molecule has 0 bridgehead atoms. The van der Waals surface area contributed by atoms with Crippen LogP contribution in [0.1, 0.15) is 25.0 Å². The number of carbonyl (C=O) groups excluding carboxylic acids is 4. The number of amides is 2. The van der Waals surface area contributed by atoms with Gasteiger partial charge in [-0.1, -0.05) is 74.5 Å². The quantitative estimate of drug-likeness (QED) is 0.0882. The first-order valence-corrected chi connectivity index (χ1v) is 17.1. The monoisotopic (exact) mass is 696 g/mol. The first-order chi connectivity index (χ1) is 20.4. The van der Waals surface area contributed by atoms with Gasteiger partial charge in [-0.2, -0.15) is 0 Å². The summed E-state index contributed by atoms with van der Waals surface area (Å²) in [7, 11) is -8.74. The number of benzene rings is 2. The molecule has 14 nitrogen and oxygen atoms in total. The van der Waals surface area contributed by atoms with E-state index in [4.69, 9.17) is 19.6 Å². The zero-order valence-corrected chi connectivity index (χ0v) is 29.0. The zero-order valence-electron chi connectivity index (χ0n) is 25.0. The summed E-state index contributed by atoms with van der Waals surface area (Å²) in [5.41, 5.74) is 1.54. The van der Waals surface area contributed by atoms with Crippen molar-refractivity contribution in [2.75, 3.05) is 25.4 Å². The van der Waals surface area contributed by atoms with E-state index in [0.717, 1.165) is 11.1 Å². The molecule has 2 aromatic rings. The van der Waals surface area contributed by atoms with Crippen LogP contribution in [0.3, 0.4) is 0 Å². The van der Waals surface area contributed by atoms with E-state index < -0.39 is 74.9 Å². The predicted octanol–water partition coefficient (Wildman–Crippen LogP) is -1.33. The van der Waals surface area contributed by atoms with Gasteiger partial charge in [-0.15, -0.1) is 0 Å². The average Bonchev–Trinajstić information content (AvgIpc) is 2.93. The molecule has 0 heterocycles. The molecule has 4 atom stereocenters. The van der Waals surface area contributed by atoms with Gasteiger partial charge in [-0.25, -0.2) is 0 Å². The Kier molecular flexibility index (Phi) is 19.9. The van der Waals surface area contributed by atoms with Gasteiger partial charge in [0.15, 0.2) is 0 Å². The Morgan fingerprint density at radius 1 is 0.644 bits per heavy atom. The molecule has 0 saturated carbocycles. The largest absolute Gasteiger partial charge is 2.00 e. The molecule has 0 saturated heterocycles. The molecule has 244 valence electrons. The maximum Gasteiger partial charge on any atom is 2.00 e. The Balaban J connectivity index is 0.000000842. The van der Waals surface area contributed by atoms with E-state index in [1.54, 1.807) is 60.7 Å². The van der Waals surface area contributed by atoms with Crippen LogP contribution in [0.2, 0.25) is 0 Å². The van der Waals surface area contributed by atoms with E-state index in [-0.39, 0.29) is 63.7 Å². The van der Waals surface area contributed by atoms with E-state index in [2.05, 4.69) is 10.6 Å². The van der Waals surface area contributed by atoms with Gasteiger partial charge in [0.05, 0.1) is 24.2 Å². The molecule has 0 aliphatic carbocycles. The van der Waals surface area contributed by atoms with Crippen molar-refractivity contribution in [2.24, 2.45) is 23.7 Å². The van der Waals surface area contributed by atoms with E-state index in [0.29, 0.717) is 0 Å². The van der Waals surface area contributed by atoms with Crippen molar-refractivity contribution in [3.8, 4) is 0 Å². The van der Waals surface area contributed by atoms with E-state index >= 15 is 0 Å². The van der Waals surface area contributed by atoms with Crippen molar-refractivity contribution in [1.29, 1.82) is 0 Å². The first kappa shape index (κ1) is 42.9. The minimum Gasteiger partial charge on any atom is -0.550 e. The van der Waals surface area contributed by atoms with Crippen LogP contribution >= 0.6 is 15.2 Å². The number of aliphatic carboxylic acids is 2. The Morgan fingerprint density at radius 3 is 1.18 bits per heavy atom. The first-order valence-electron chi connectivity index (χ1n) is 13.5. The van der Waals surface area contributed by atoms with E-state index in [1.807, 2.05) is 0 Å². The molecule has 2 aromatic carbocycles. The van der Waals surface area contributed by atoms with Crippen LogP contribution in [-0.2, 0) is 41.1 Å². The van der Waals surface area contributed by atoms with Gasteiger partial charge in [0, 0.05) is 36.9 Å². The summed E-state index contributed by atoms with van der Waals surface area (Å²) < 4.78 is 22.4. The molecule has 17 heteroatoms. The smallest absolute Gasteiger partial charge is 0.550 e. The summed E-state index contributed by atoms with van der Waals surface area (Å²) in [6, 6.07) is 17.7. The Labute approximate surface area is 291 Å². The molecular weight excluding hydrogens is 658 g/mol. The summed E-state index contributed by atoms with van der Waals surface area (Å²) in [5, 5.41) is 26.0. The van der Waals surface area contributed by atoms with Crippen molar-refractivity contribution in [1.82, 2.24) is 10.6 Å². The molecule has 0 aliphatic rings. The maximum absolute atomic E-state index is 12.1. The Morgan fingerprint density at radius 2 is 0.933 bits per heavy atom. The van der Waals surface area contributed by atoms with Crippen LogP contribution < -0.4 is 20.8 Å². The number of nitrogens with one attached hydrogen (secondary N) is 2. The molecule has 0 spiro atoms. The normalized spacial score (nSPS) is 13.8. The van der Waals surface area contributed by atoms with Gasteiger partial charge in [0.2, 0.25) is 11.8 Å².